The minimum Gasteiger partial charge on any atom is -0.309 e. The molecule has 0 aromatic heterocycles. The van der Waals surface area contributed by atoms with Crippen LogP contribution in [-0.2, 0) is 4.79 Å². The van der Waals surface area contributed by atoms with E-state index >= 15 is 0 Å². The largest absolute Gasteiger partial charge is 0.309 e. The van der Waals surface area contributed by atoms with Gasteiger partial charge in [0.2, 0.25) is 5.91 Å². The predicted molar refractivity (Wildman–Crippen MR) is 62.3 cm³/mol. The van der Waals surface area contributed by atoms with E-state index in [1.165, 1.54) is 17.0 Å². The first kappa shape index (κ1) is 11.9. The monoisotopic (exact) mass is 252 g/mol. The first-order chi connectivity index (χ1) is 8.15. The maximum atomic E-state index is 13.7. The standard InChI is InChI=1S/C12H10ClFN2O/c13-5-9-4-12(17)16(7-9)11-2-1-8(6-15)3-10(11)14/h1-3,9H,4-5,7H2. The van der Waals surface area contributed by atoms with Crippen molar-refractivity contribution in [2.75, 3.05) is 17.3 Å². The highest BCUT2D eigenvalue weighted by molar-refractivity contribution is 6.18. The van der Waals surface area contributed by atoms with Gasteiger partial charge in [-0.3, -0.25) is 4.79 Å². The molecule has 0 radical (unpaired) electrons. The van der Waals surface area contributed by atoms with Gasteiger partial charge in [0.05, 0.1) is 17.3 Å². The third kappa shape index (κ3) is 2.25. The molecule has 1 aromatic rings. The summed E-state index contributed by atoms with van der Waals surface area (Å²) in [5.74, 6) is -0.216. The van der Waals surface area contributed by atoms with E-state index in [2.05, 4.69) is 0 Å². The number of rotatable bonds is 2. The summed E-state index contributed by atoms with van der Waals surface area (Å²) < 4.78 is 13.7. The molecule has 3 nitrogen and oxygen atoms in total. The number of alkyl halides is 1. The van der Waals surface area contributed by atoms with Crippen LogP contribution < -0.4 is 4.90 Å². The second-order valence-electron chi connectivity index (χ2n) is 4.01. The lowest BCUT2D eigenvalue weighted by molar-refractivity contribution is -0.117. The van der Waals surface area contributed by atoms with Gasteiger partial charge in [-0.05, 0) is 24.1 Å². The van der Waals surface area contributed by atoms with Crippen LogP contribution in [0.3, 0.4) is 0 Å². The summed E-state index contributed by atoms with van der Waals surface area (Å²) in [5, 5.41) is 8.64. The van der Waals surface area contributed by atoms with E-state index in [0.29, 0.717) is 18.8 Å². The molecule has 1 saturated heterocycles. The fourth-order valence-electron chi connectivity index (χ4n) is 1.91. The Balaban J connectivity index is 2.29. The van der Waals surface area contributed by atoms with Gasteiger partial charge >= 0.3 is 0 Å². The quantitative estimate of drug-likeness (QED) is 0.758. The molecular formula is C12H10ClFN2O. The second-order valence-corrected chi connectivity index (χ2v) is 4.32. The summed E-state index contributed by atoms with van der Waals surface area (Å²) in [7, 11) is 0. The lowest BCUT2D eigenvalue weighted by Gasteiger charge is -2.17. The van der Waals surface area contributed by atoms with Crippen molar-refractivity contribution in [2.45, 2.75) is 6.42 Å². The zero-order valence-corrected chi connectivity index (χ0v) is 9.75. The van der Waals surface area contributed by atoms with Crippen molar-refractivity contribution in [3.8, 4) is 6.07 Å². The highest BCUT2D eigenvalue weighted by Gasteiger charge is 2.31. The Hall–Kier alpha value is -1.60. The molecule has 1 aromatic carbocycles. The highest BCUT2D eigenvalue weighted by atomic mass is 35.5. The molecular weight excluding hydrogens is 243 g/mol. The third-order valence-corrected chi connectivity index (χ3v) is 3.23. The zero-order valence-electron chi connectivity index (χ0n) is 8.99. The molecule has 0 N–H and O–H groups in total. The SMILES string of the molecule is N#Cc1ccc(N2CC(CCl)CC2=O)c(F)c1. The summed E-state index contributed by atoms with van der Waals surface area (Å²) in [6.45, 7) is 0.436. The predicted octanol–water partition coefficient (Wildman–Crippen LogP) is 2.29. The number of carbonyl (C=O) groups is 1. The van der Waals surface area contributed by atoms with E-state index in [-0.39, 0.29) is 23.1 Å². The molecule has 1 unspecified atom stereocenters. The van der Waals surface area contributed by atoms with Crippen LogP contribution in [0.4, 0.5) is 10.1 Å². The number of halogens is 2. The van der Waals surface area contributed by atoms with E-state index < -0.39 is 5.82 Å². The molecule has 1 aliphatic rings. The van der Waals surface area contributed by atoms with Crippen LogP contribution >= 0.6 is 11.6 Å². The Morgan fingerprint density at radius 3 is 2.88 bits per heavy atom. The van der Waals surface area contributed by atoms with E-state index in [9.17, 15) is 9.18 Å². The summed E-state index contributed by atoms with van der Waals surface area (Å²) >= 11 is 5.70. The number of hydrogen-bond donors (Lipinski definition) is 0. The molecule has 0 spiro atoms. The molecule has 0 bridgehead atoms. The number of benzene rings is 1. The molecule has 17 heavy (non-hydrogen) atoms. The Labute approximate surface area is 103 Å². The van der Waals surface area contributed by atoms with Crippen molar-refractivity contribution in [1.29, 1.82) is 5.26 Å². The summed E-state index contributed by atoms with van der Waals surface area (Å²) in [6, 6.07) is 5.95. The van der Waals surface area contributed by atoms with Gasteiger partial charge < -0.3 is 4.90 Å². The zero-order chi connectivity index (χ0) is 12.4. The van der Waals surface area contributed by atoms with Crippen molar-refractivity contribution in [1.82, 2.24) is 0 Å². The average molecular weight is 253 g/mol. The van der Waals surface area contributed by atoms with Gasteiger partial charge in [0.15, 0.2) is 0 Å². The van der Waals surface area contributed by atoms with E-state index in [1.807, 2.05) is 6.07 Å². The number of nitrogens with zero attached hydrogens (tertiary/aromatic N) is 2. The Morgan fingerprint density at radius 2 is 2.35 bits per heavy atom. The smallest absolute Gasteiger partial charge is 0.227 e. The van der Waals surface area contributed by atoms with Crippen LogP contribution in [-0.4, -0.2) is 18.3 Å². The molecule has 1 aliphatic heterocycles. The van der Waals surface area contributed by atoms with E-state index in [4.69, 9.17) is 16.9 Å². The molecule has 2 rings (SSSR count). The first-order valence-electron chi connectivity index (χ1n) is 5.21. The average Bonchev–Trinajstić information content (AvgIpc) is 2.70. The topological polar surface area (TPSA) is 44.1 Å². The fraction of sp³-hybridized carbons (Fsp3) is 0.333. The van der Waals surface area contributed by atoms with Crippen molar-refractivity contribution in [3.05, 3.63) is 29.6 Å². The molecule has 5 heteroatoms. The van der Waals surface area contributed by atoms with Gasteiger partial charge in [0, 0.05) is 18.8 Å². The van der Waals surface area contributed by atoms with Crippen LogP contribution in [0.5, 0.6) is 0 Å². The first-order valence-corrected chi connectivity index (χ1v) is 5.75. The maximum Gasteiger partial charge on any atom is 0.227 e. The highest BCUT2D eigenvalue weighted by Crippen LogP contribution is 2.28. The third-order valence-electron chi connectivity index (χ3n) is 2.79. The summed E-state index contributed by atoms with van der Waals surface area (Å²) in [5.41, 5.74) is 0.466. The van der Waals surface area contributed by atoms with Gasteiger partial charge in [-0.15, -0.1) is 11.6 Å². The molecule has 0 saturated carbocycles. The van der Waals surface area contributed by atoms with Crippen molar-refractivity contribution >= 4 is 23.2 Å². The molecule has 0 aliphatic carbocycles. The van der Waals surface area contributed by atoms with Crippen LogP contribution in [0, 0.1) is 23.1 Å². The minimum atomic E-state index is -0.548. The lowest BCUT2D eigenvalue weighted by Crippen LogP contribution is -2.25. The van der Waals surface area contributed by atoms with Crippen molar-refractivity contribution in [3.63, 3.8) is 0 Å². The number of hydrogen-bond acceptors (Lipinski definition) is 2. The molecule has 1 heterocycles. The summed E-state index contributed by atoms with van der Waals surface area (Å²) in [4.78, 5) is 13.1. The molecule has 1 atom stereocenters. The Kier molecular flexibility index (Phi) is 3.30. The van der Waals surface area contributed by atoms with Crippen LogP contribution in [0.15, 0.2) is 18.2 Å². The van der Waals surface area contributed by atoms with E-state index in [1.54, 1.807) is 0 Å². The van der Waals surface area contributed by atoms with Gasteiger partial charge in [0.1, 0.15) is 5.82 Å². The number of amides is 1. The van der Waals surface area contributed by atoms with Crippen LogP contribution in [0.25, 0.3) is 0 Å². The van der Waals surface area contributed by atoms with Gasteiger partial charge in [-0.2, -0.15) is 5.26 Å². The molecule has 1 amide bonds. The van der Waals surface area contributed by atoms with Crippen molar-refractivity contribution in [2.24, 2.45) is 5.92 Å². The molecule has 88 valence electrons. The maximum absolute atomic E-state index is 13.7. The normalized spacial score (nSPS) is 19.5. The van der Waals surface area contributed by atoms with E-state index in [0.717, 1.165) is 6.07 Å². The van der Waals surface area contributed by atoms with Gasteiger partial charge in [-0.1, -0.05) is 0 Å². The molecule has 1 fully saturated rings. The number of nitriles is 1. The lowest BCUT2D eigenvalue weighted by atomic mass is 10.1. The fourth-order valence-corrected chi connectivity index (χ4v) is 2.12. The van der Waals surface area contributed by atoms with Crippen LogP contribution in [0.2, 0.25) is 0 Å². The van der Waals surface area contributed by atoms with Crippen LogP contribution in [0.1, 0.15) is 12.0 Å². The minimum absolute atomic E-state index is 0.0687. The summed E-state index contributed by atoms with van der Waals surface area (Å²) in [6.07, 6.45) is 0.350. The van der Waals surface area contributed by atoms with Gasteiger partial charge in [0.25, 0.3) is 0 Å². The Bertz CT molecular complexity index is 498. The van der Waals surface area contributed by atoms with Crippen molar-refractivity contribution < 1.29 is 9.18 Å². The van der Waals surface area contributed by atoms with Gasteiger partial charge in [-0.25, -0.2) is 4.39 Å². The second kappa shape index (κ2) is 4.72. The Morgan fingerprint density at radius 1 is 1.59 bits per heavy atom. The number of carbonyl (C=O) groups excluding carboxylic acids is 1. The number of anilines is 1.